The zero-order chi connectivity index (χ0) is 13.6. The Balaban J connectivity index is 2.65. The van der Waals surface area contributed by atoms with Crippen LogP contribution >= 0.6 is 0 Å². The highest BCUT2D eigenvalue weighted by Gasteiger charge is 2.38. The van der Waals surface area contributed by atoms with E-state index in [1.165, 1.54) is 0 Å². The summed E-state index contributed by atoms with van der Waals surface area (Å²) < 4.78 is 2.34. The smallest absolute Gasteiger partial charge is 0.163 e. The van der Waals surface area contributed by atoms with Crippen molar-refractivity contribution in [3.05, 3.63) is 30.1 Å². The first-order valence-electron chi connectivity index (χ1n) is 6.15. The van der Waals surface area contributed by atoms with Gasteiger partial charge in [0.2, 0.25) is 0 Å². The van der Waals surface area contributed by atoms with E-state index in [2.05, 4.69) is 61.4 Å². The minimum atomic E-state index is -1.65. The minimum absolute atomic E-state index is 0.258. The monoisotopic (exact) mass is 257 g/mol. The zero-order valence-corrected chi connectivity index (χ0v) is 12.7. The van der Waals surface area contributed by atoms with Gasteiger partial charge in [0.25, 0.3) is 0 Å². The molecule has 0 N–H and O–H groups in total. The molecule has 0 unspecified atom stereocenters. The fourth-order valence-corrected chi connectivity index (χ4v) is 3.78. The lowest BCUT2D eigenvalue weighted by Gasteiger charge is -2.38. The van der Waals surface area contributed by atoms with Crippen LogP contribution in [0, 0.1) is 11.3 Å². The summed E-state index contributed by atoms with van der Waals surface area (Å²) in [5.74, 6) is 0. The topological polar surface area (TPSA) is 41.6 Å². The Labute approximate surface area is 109 Å². The Hall–Kier alpha value is -1.60. The second-order valence-electron chi connectivity index (χ2n) is 6.24. The highest BCUT2D eigenvalue weighted by atomic mass is 28.3. The fraction of sp³-hybridized carbons (Fsp3) is 0.429. The maximum absolute atomic E-state index is 8.90. The van der Waals surface area contributed by atoms with Gasteiger partial charge in [-0.2, -0.15) is 5.26 Å². The maximum Gasteiger partial charge on any atom is 0.163 e. The summed E-state index contributed by atoms with van der Waals surface area (Å²) >= 11 is 0. The molecule has 2 aromatic heterocycles. The highest BCUT2D eigenvalue weighted by Crippen LogP contribution is 2.38. The van der Waals surface area contributed by atoms with E-state index in [4.69, 9.17) is 5.26 Å². The van der Waals surface area contributed by atoms with Crippen molar-refractivity contribution < 1.29 is 0 Å². The highest BCUT2D eigenvalue weighted by molar-refractivity contribution is 6.79. The molecule has 2 rings (SSSR count). The maximum atomic E-state index is 8.90. The predicted molar refractivity (Wildman–Crippen MR) is 77.0 cm³/mol. The second kappa shape index (κ2) is 3.96. The molecule has 0 spiro atoms. The van der Waals surface area contributed by atoms with Crippen LogP contribution in [0.15, 0.2) is 24.5 Å². The third-order valence-electron chi connectivity index (χ3n) is 4.09. The van der Waals surface area contributed by atoms with Gasteiger partial charge in [0.15, 0.2) is 8.24 Å². The van der Waals surface area contributed by atoms with Gasteiger partial charge in [0.1, 0.15) is 11.7 Å². The number of hydrogen-bond acceptors (Lipinski definition) is 2. The van der Waals surface area contributed by atoms with Crippen LogP contribution in [0.4, 0.5) is 0 Å². The second-order valence-corrected chi connectivity index (χ2v) is 11.3. The molecule has 0 radical (unpaired) electrons. The first-order chi connectivity index (χ1) is 8.27. The van der Waals surface area contributed by atoms with Gasteiger partial charge in [0.05, 0.1) is 5.56 Å². The molecule has 94 valence electrons. The molecular formula is C14H19N3Si. The number of hydrogen-bond donors (Lipinski definition) is 0. The molecule has 0 aliphatic carbocycles. The van der Waals surface area contributed by atoms with Crippen LogP contribution in [0.5, 0.6) is 0 Å². The van der Waals surface area contributed by atoms with E-state index in [1.807, 2.05) is 6.07 Å². The van der Waals surface area contributed by atoms with Crippen molar-refractivity contribution in [2.75, 3.05) is 0 Å². The molecule has 0 atom stereocenters. The van der Waals surface area contributed by atoms with E-state index in [9.17, 15) is 0 Å². The molecule has 0 aliphatic rings. The molecule has 4 heteroatoms. The van der Waals surface area contributed by atoms with Crippen LogP contribution < -0.4 is 0 Å². The summed E-state index contributed by atoms with van der Waals surface area (Å²) in [6, 6.07) is 6.10. The van der Waals surface area contributed by atoms with Gasteiger partial charge in [-0.3, -0.25) is 0 Å². The third kappa shape index (κ3) is 1.85. The molecule has 2 aromatic rings. The summed E-state index contributed by atoms with van der Waals surface area (Å²) in [6.45, 7) is 11.6. The lowest BCUT2D eigenvalue weighted by atomic mass is 10.2. The van der Waals surface area contributed by atoms with Gasteiger partial charge in [-0.25, -0.2) is 4.98 Å². The number of rotatable bonds is 1. The molecule has 18 heavy (non-hydrogen) atoms. The molecule has 2 heterocycles. The number of pyridine rings is 1. The molecule has 0 aromatic carbocycles. The Kier molecular flexibility index (Phi) is 2.82. The summed E-state index contributed by atoms with van der Waals surface area (Å²) in [7, 11) is -1.65. The number of aromatic nitrogens is 2. The van der Waals surface area contributed by atoms with Gasteiger partial charge >= 0.3 is 0 Å². The Morgan fingerprint density at radius 1 is 1.33 bits per heavy atom. The average Bonchev–Trinajstić information content (AvgIpc) is 2.70. The van der Waals surface area contributed by atoms with E-state index >= 15 is 0 Å². The minimum Gasteiger partial charge on any atom is -0.359 e. The van der Waals surface area contributed by atoms with Crippen LogP contribution in [-0.2, 0) is 0 Å². The van der Waals surface area contributed by atoms with Gasteiger partial charge in [-0.1, -0.05) is 33.9 Å². The molecule has 0 aliphatic heterocycles. The standard InChI is InChI=1S/C14H19N3Si/c1-14(2,3)18(4,5)17-7-6-12-8-11(9-15)10-16-13(12)17/h6-8,10H,1-5H3. The van der Waals surface area contributed by atoms with E-state index < -0.39 is 8.24 Å². The van der Waals surface area contributed by atoms with Crippen LogP contribution in [0.1, 0.15) is 26.3 Å². The molecule has 0 amide bonds. The van der Waals surface area contributed by atoms with Crippen molar-refractivity contribution in [1.29, 1.82) is 5.26 Å². The lowest BCUT2D eigenvalue weighted by molar-refractivity contribution is 0.702. The van der Waals surface area contributed by atoms with Crippen molar-refractivity contribution in [2.24, 2.45) is 0 Å². The Morgan fingerprint density at radius 2 is 2.00 bits per heavy atom. The summed E-state index contributed by atoms with van der Waals surface area (Å²) in [6.07, 6.45) is 3.78. The molecule has 0 saturated carbocycles. The van der Waals surface area contributed by atoms with Crippen molar-refractivity contribution in [3.63, 3.8) is 0 Å². The van der Waals surface area contributed by atoms with Crippen molar-refractivity contribution in [2.45, 2.75) is 38.9 Å². The van der Waals surface area contributed by atoms with Crippen LogP contribution in [0.2, 0.25) is 18.1 Å². The number of nitriles is 1. The van der Waals surface area contributed by atoms with Crippen molar-refractivity contribution in [3.8, 4) is 6.07 Å². The largest absolute Gasteiger partial charge is 0.359 e. The van der Waals surface area contributed by atoms with Crippen molar-refractivity contribution in [1.82, 2.24) is 9.22 Å². The third-order valence-corrected chi connectivity index (χ3v) is 9.33. The normalized spacial score (nSPS) is 12.7. The lowest BCUT2D eigenvalue weighted by Crippen LogP contribution is -2.45. The Bertz CT molecular complexity index is 627. The van der Waals surface area contributed by atoms with Gasteiger partial charge in [-0.05, 0) is 23.4 Å². The zero-order valence-electron chi connectivity index (χ0n) is 11.7. The van der Waals surface area contributed by atoms with Gasteiger partial charge in [-0.15, -0.1) is 0 Å². The SMILES string of the molecule is CC(C)(C)[Si](C)(C)n1ccc2cc(C#N)cnc21. The molecule has 3 nitrogen and oxygen atoms in total. The Morgan fingerprint density at radius 3 is 2.56 bits per heavy atom. The molecule has 0 saturated heterocycles. The first kappa shape index (κ1) is 12.8. The van der Waals surface area contributed by atoms with Crippen LogP contribution in [0.25, 0.3) is 11.0 Å². The average molecular weight is 257 g/mol. The summed E-state index contributed by atoms with van der Waals surface area (Å²) in [5, 5.41) is 10.2. The van der Waals surface area contributed by atoms with Gasteiger partial charge in [0, 0.05) is 11.6 Å². The fourth-order valence-electron chi connectivity index (χ4n) is 1.90. The van der Waals surface area contributed by atoms with Crippen molar-refractivity contribution >= 4 is 19.3 Å². The van der Waals surface area contributed by atoms with Crippen LogP contribution in [-0.4, -0.2) is 17.5 Å². The van der Waals surface area contributed by atoms with Crippen LogP contribution in [0.3, 0.4) is 0 Å². The quantitative estimate of drug-likeness (QED) is 0.730. The van der Waals surface area contributed by atoms with E-state index in [0.29, 0.717) is 5.56 Å². The molecule has 0 fully saturated rings. The predicted octanol–water partition coefficient (Wildman–Crippen LogP) is 3.76. The first-order valence-corrected chi connectivity index (χ1v) is 9.10. The molecular weight excluding hydrogens is 238 g/mol. The van der Waals surface area contributed by atoms with Gasteiger partial charge < -0.3 is 4.23 Å². The number of fused-ring (bicyclic) bond motifs is 1. The summed E-state index contributed by atoms with van der Waals surface area (Å²) in [4.78, 5) is 4.47. The van der Waals surface area contributed by atoms with E-state index in [-0.39, 0.29) is 5.04 Å². The van der Waals surface area contributed by atoms with E-state index in [1.54, 1.807) is 6.20 Å². The molecule has 0 bridgehead atoms. The number of nitrogens with zero attached hydrogens (tertiary/aromatic N) is 3. The van der Waals surface area contributed by atoms with E-state index in [0.717, 1.165) is 11.0 Å². The summed E-state index contributed by atoms with van der Waals surface area (Å²) in [5.41, 5.74) is 1.62.